The molecule has 1 heterocycles. The Balaban J connectivity index is 1.35. The van der Waals surface area contributed by atoms with Gasteiger partial charge in [0.25, 0.3) is 0 Å². The van der Waals surface area contributed by atoms with Crippen LogP contribution in [0, 0.1) is 6.92 Å². The predicted molar refractivity (Wildman–Crippen MR) is 130 cm³/mol. The summed E-state index contributed by atoms with van der Waals surface area (Å²) in [6, 6.07) is 20.9. The Hall–Kier alpha value is -2.76. The van der Waals surface area contributed by atoms with Crippen LogP contribution < -0.4 is 14.8 Å². The molecule has 3 aromatic carbocycles. The molecule has 1 aromatic heterocycles. The topological polar surface area (TPSA) is 46.3 Å². The average Bonchev–Trinajstić information content (AvgIpc) is 3.20. The number of aryl methyl sites for hydroxylation is 1. The fourth-order valence-electron chi connectivity index (χ4n) is 3.65. The third-order valence-electron chi connectivity index (χ3n) is 5.37. The summed E-state index contributed by atoms with van der Waals surface area (Å²) in [6.45, 7) is 4.23. The number of aromatic amines is 1. The van der Waals surface area contributed by atoms with Gasteiger partial charge in [0.15, 0.2) is 11.5 Å². The molecular formula is C26H27BrN2O2. The van der Waals surface area contributed by atoms with Crippen LogP contribution in [-0.4, -0.2) is 18.6 Å². The smallest absolute Gasteiger partial charge is 0.175 e. The van der Waals surface area contributed by atoms with Gasteiger partial charge >= 0.3 is 0 Å². The van der Waals surface area contributed by atoms with E-state index in [1.165, 1.54) is 22.0 Å². The number of nitrogens with one attached hydrogen (secondary N) is 2. The highest BCUT2D eigenvalue weighted by atomic mass is 79.9. The van der Waals surface area contributed by atoms with Crippen molar-refractivity contribution >= 4 is 26.8 Å². The van der Waals surface area contributed by atoms with Gasteiger partial charge in [-0.3, -0.25) is 0 Å². The summed E-state index contributed by atoms with van der Waals surface area (Å²) in [5, 5.41) is 4.83. The zero-order valence-corrected chi connectivity index (χ0v) is 19.5. The Morgan fingerprint density at radius 2 is 1.81 bits per heavy atom. The summed E-state index contributed by atoms with van der Waals surface area (Å²) in [5.74, 6) is 1.46. The molecule has 0 fully saturated rings. The number of H-pyrrole nitrogens is 1. The van der Waals surface area contributed by atoms with Crippen molar-refractivity contribution < 1.29 is 9.47 Å². The van der Waals surface area contributed by atoms with Gasteiger partial charge in [0.05, 0.1) is 11.6 Å². The number of methoxy groups -OCH3 is 1. The van der Waals surface area contributed by atoms with Gasteiger partial charge in [0, 0.05) is 23.6 Å². The molecule has 0 atom stereocenters. The summed E-state index contributed by atoms with van der Waals surface area (Å²) in [6.07, 6.45) is 3.08. The Morgan fingerprint density at radius 1 is 1.00 bits per heavy atom. The van der Waals surface area contributed by atoms with Crippen LogP contribution >= 0.6 is 15.9 Å². The summed E-state index contributed by atoms with van der Waals surface area (Å²) in [4.78, 5) is 3.34. The van der Waals surface area contributed by atoms with Gasteiger partial charge in [-0.05, 0) is 70.7 Å². The number of aromatic nitrogens is 1. The van der Waals surface area contributed by atoms with Crippen LogP contribution in [0.1, 0.15) is 22.3 Å². The number of halogens is 1. The highest BCUT2D eigenvalue weighted by Gasteiger charge is 2.12. The van der Waals surface area contributed by atoms with Gasteiger partial charge in [-0.1, -0.05) is 48.0 Å². The molecule has 0 aliphatic heterocycles. The number of ether oxygens (including phenoxy) is 2. The van der Waals surface area contributed by atoms with Crippen LogP contribution in [0.25, 0.3) is 10.9 Å². The zero-order chi connectivity index (χ0) is 21.6. The molecule has 4 aromatic rings. The van der Waals surface area contributed by atoms with Gasteiger partial charge in [-0.15, -0.1) is 0 Å². The molecule has 4 nitrogen and oxygen atoms in total. The lowest BCUT2D eigenvalue weighted by Crippen LogP contribution is -2.16. The lowest BCUT2D eigenvalue weighted by molar-refractivity contribution is 0.282. The van der Waals surface area contributed by atoms with Crippen molar-refractivity contribution in [3.8, 4) is 11.5 Å². The molecule has 0 aliphatic rings. The van der Waals surface area contributed by atoms with E-state index in [2.05, 4.69) is 93.9 Å². The first-order valence-electron chi connectivity index (χ1n) is 10.4. The summed E-state index contributed by atoms with van der Waals surface area (Å²) in [5.41, 5.74) is 6.03. The lowest BCUT2D eigenvalue weighted by atomic mass is 10.1. The molecule has 2 N–H and O–H groups in total. The van der Waals surface area contributed by atoms with Crippen molar-refractivity contribution in [2.45, 2.75) is 26.5 Å². The van der Waals surface area contributed by atoms with E-state index in [9.17, 15) is 0 Å². The number of fused-ring (bicyclic) bond motifs is 1. The molecule has 160 valence electrons. The highest BCUT2D eigenvalue weighted by molar-refractivity contribution is 9.10. The molecule has 0 saturated carbocycles. The molecular weight excluding hydrogens is 452 g/mol. The van der Waals surface area contributed by atoms with E-state index >= 15 is 0 Å². The molecule has 0 spiro atoms. The highest BCUT2D eigenvalue weighted by Crippen LogP contribution is 2.37. The number of hydrogen-bond acceptors (Lipinski definition) is 3. The fourth-order valence-corrected chi connectivity index (χ4v) is 4.25. The number of para-hydroxylation sites is 1. The minimum atomic E-state index is 0.497. The van der Waals surface area contributed by atoms with E-state index in [4.69, 9.17) is 9.47 Å². The maximum Gasteiger partial charge on any atom is 0.175 e. The van der Waals surface area contributed by atoms with Gasteiger partial charge in [-0.25, -0.2) is 0 Å². The predicted octanol–water partition coefficient (Wildman–Crippen LogP) is 6.16. The monoisotopic (exact) mass is 478 g/mol. The van der Waals surface area contributed by atoms with Gasteiger partial charge in [0.1, 0.15) is 6.61 Å². The van der Waals surface area contributed by atoms with Gasteiger partial charge in [-0.2, -0.15) is 0 Å². The first-order chi connectivity index (χ1) is 15.1. The molecule has 0 radical (unpaired) electrons. The molecule has 31 heavy (non-hydrogen) atoms. The lowest BCUT2D eigenvalue weighted by Gasteiger charge is -2.15. The molecule has 0 amide bonds. The Kier molecular flexibility index (Phi) is 6.95. The SMILES string of the molecule is COc1cc(CNCCc2c[nH]c3ccccc23)cc(Br)c1OCc1ccc(C)cc1. The Bertz CT molecular complexity index is 1150. The summed E-state index contributed by atoms with van der Waals surface area (Å²) >= 11 is 3.65. The van der Waals surface area contributed by atoms with Crippen molar-refractivity contribution in [1.29, 1.82) is 0 Å². The van der Waals surface area contributed by atoms with Crippen LogP contribution in [0.4, 0.5) is 0 Å². The Morgan fingerprint density at radius 3 is 2.61 bits per heavy atom. The van der Waals surface area contributed by atoms with E-state index in [0.717, 1.165) is 46.6 Å². The maximum atomic E-state index is 6.06. The van der Waals surface area contributed by atoms with Crippen LogP contribution in [0.3, 0.4) is 0 Å². The minimum Gasteiger partial charge on any atom is -0.493 e. The van der Waals surface area contributed by atoms with Crippen LogP contribution in [0.2, 0.25) is 0 Å². The number of hydrogen-bond donors (Lipinski definition) is 2. The van der Waals surface area contributed by atoms with Crippen molar-refractivity contribution in [1.82, 2.24) is 10.3 Å². The largest absolute Gasteiger partial charge is 0.493 e. The third kappa shape index (κ3) is 5.30. The first kappa shape index (κ1) is 21.5. The quantitative estimate of drug-likeness (QED) is 0.283. The number of rotatable bonds is 9. The van der Waals surface area contributed by atoms with E-state index in [0.29, 0.717) is 6.61 Å². The average molecular weight is 479 g/mol. The molecule has 0 saturated heterocycles. The molecule has 0 unspecified atom stereocenters. The number of benzene rings is 3. The maximum absolute atomic E-state index is 6.06. The van der Waals surface area contributed by atoms with E-state index in [1.807, 2.05) is 6.07 Å². The molecule has 4 rings (SSSR count). The zero-order valence-electron chi connectivity index (χ0n) is 17.9. The van der Waals surface area contributed by atoms with Crippen molar-refractivity contribution in [3.05, 3.63) is 93.6 Å². The van der Waals surface area contributed by atoms with Crippen LogP contribution in [0.5, 0.6) is 11.5 Å². The minimum absolute atomic E-state index is 0.497. The normalized spacial score (nSPS) is 11.1. The standard InChI is InChI=1S/C26H27BrN2O2/c1-18-7-9-19(10-8-18)17-31-26-23(27)13-20(14-25(26)30-2)15-28-12-11-21-16-29-24-6-4-3-5-22(21)24/h3-10,13-14,16,28-29H,11-12,15,17H2,1-2H3. The van der Waals surface area contributed by atoms with Crippen molar-refractivity contribution in [2.24, 2.45) is 0 Å². The third-order valence-corrected chi connectivity index (χ3v) is 5.96. The second kappa shape index (κ2) is 10.0. The van der Waals surface area contributed by atoms with E-state index in [1.54, 1.807) is 7.11 Å². The van der Waals surface area contributed by atoms with Crippen molar-refractivity contribution in [2.75, 3.05) is 13.7 Å². The summed E-state index contributed by atoms with van der Waals surface area (Å²) in [7, 11) is 1.68. The Labute approximate surface area is 191 Å². The van der Waals surface area contributed by atoms with E-state index < -0.39 is 0 Å². The second-order valence-electron chi connectivity index (χ2n) is 7.67. The van der Waals surface area contributed by atoms with E-state index in [-0.39, 0.29) is 0 Å². The fraction of sp³-hybridized carbons (Fsp3) is 0.231. The first-order valence-corrected chi connectivity index (χ1v) is 11.2. The van der Waals surface area contributed by atoms with Gasteiger partial charge < -0.3 is 19.8 Å². The summed E-state index contributed by atoms with van der Waals surface area (Å²) < 4.78 is 12.6. The molecule has 0 aliphatic carbocycles. The van der Waals surface area contributed by atoms with Crippen molar-refractivity contribution in [3.63, 3.8) is 0 Å². The molecule has 0 bridgehead atoms. The van der Waals surface area contributed by atoms with Gasteiger partial charge in [0.2, 0.25) is 0 Å². The molecule has 5 heteroatoms. The van der Waals surface area contributed by atoms with Crippen LogP contribution in [-0.2, 0) is 19.6 Å². The second-order valence-corrected chi connectivity index (χ2v) is 8.52. The van der Waals surface area contributed by atoms with Crippen LogP contribution in [0.15, 0.2) is 71.3 Å².